The molecule has 0 aliphatic rings. The lowest BCUT2D eigenvalue weighted by atomic mass is 10.4. The van der Waals surface area contributed by atoms with Gasteiger partial charge >= 0.3 is 0 Å². The molecule has 0 aliphatic heterocycles. The SMILES string of the molecule is Cc1csc(CNC(C)CCl)n1. The van der Waals surface area contributed by atoms with Crippen LogP contribution < -0.4 is 5.32 Å². The van der Waals surface area contributed by atoms with Crippen LogP contribution >= 0.6 is 22.9 Å². The van der Waals surface area contributed by atoms with Gasteiger partial charge in [0.05, 0.1) is 0 Å². The highest BCUT2D eigenvalue weighted by atomic mass is 35.5. The molecular weight excluding hydrogens is 192 g/mol. The highest BCUT2D eigenvalue weighted by Gasteiger charge is 2.01. The predicted octanol–water partition coefficient (Wildman–Crippen LogP) is 2.17. The number of hydrogen-bond donors (Lipinski definition) is 1. The summed E-state index contributed by atoms with van der Waals surface area (Å²) in [5.74, 6) is 0.643. The minimum Gasteiger partial charge on any atom is -0.307 e. The van der Waals surface area contributed by atoms with Crippen molar-refractivity contribution < 1.29 is 0 Å². The zero-order valence-corrected chi connectivity index (χ0v) is 8.87. The maximum atomic E-state index is 5.64. The molecule has 1 rings (SSSR count). The third-order valence-electron chi connectivity index (χ3n) is 1.50. The zero-order valence-electron chi connectivity index (χ0n) is 7.30. The Bertz CT molecular complexity index is 237. The molecule has 0 aliphatic carbocycles. The van der Waals surface area contributed by atoms with Gasteiger partial charge in [0.2, 0.25) is 0 Å². The minimum atomic E-state index is 0.357. The van der Waals surface area contributed by atoms with Crippen LogP contribution in [0, 0.1) is 6.92 Å². The van der Waals surface area contributed by atoms with Gasteiger partial charge in [-0.15, -0.1) is 22.9 Å². The van der Waals surface area contributed by atoms with Crippen LogP contribution in [0.25, 0.3) is 0 Å². The number of hydrogen-bond acceptors (Lipinski definition) is 3. The van der Waals surface area contributed by atoms with Gasteiger partial charge in [-0.2, -0.15) is 0 Å². The van der Waals surface area contributed by atoms with E-state index in [2.05, 4.69) is 22.6 Å². The third-order valence-corrected chi connectivity index (χ3v) is 2.93. The number of thiazole rings is 1. The maximum Gasteiger partial charge on any atom is 0.107 e. The van der Waals surface area contributed by atoms with Gasteiger partial charge < -0.3 is 5.32 Å². The second-order valence-corrected chi connectivity index (χ2v) is 4.07. The van der Waals surface area contributed by atoms with E-state index in [9.17, 15) is 0 Å². The maximum absolute atomic E-state index is 5.64. The summed E-state index contributed by atoms with van der Waals surface area (Å²) >= 11 is 7.33. The highest BCUT2D eigenvalue weighted by molar-refractivity contribution is 7.09. The molecule has 0 saturated carbocycles. The number of alkyl halides is 1. The molecule has 68 valence electrons. The molecule has 0 amide bonds. The fourth-order valence-electron chi connectivity index (χ4n) is 0.800. The molecule has 4 heteroatoms. The highest BCUT2D eigenvalue weighted by Crippen LogP contribution is 2.08. The van der Waals surface area contributed by atoms with Crippen molar-refractivity contribution in [3.8, 4) is 0 Å². The zero-order chi connectivity index (χ0) is 8.97. The van der Waals surface area contributed by atoms with Crippen LogP contribution in [0.15, 0.2) is 5.38 Å². The Hall–Kier alpha value is -0.120. The molecule has 1 aromatic heterocycles. The number of nitrogens with zero attached hydrogens (tertiary/aromatic N) is 1. The van der Waals surface area contributed by atoms with E-state index in [0.29, 0.717) is 11.9 Å². The summed E-state index contributed by atoms with van der Waals surface area (Å²) in [7, 11) is 0. The summed E-state index contributed by atoms with van der Waals surface area (Å²) in [6.07, 6.45) is 0. The lowest BCUT2D eigenvalue weighted by molar-refractivity contribution is 0.591. The van der Waals surface area contributed by atoms with Crippen LogP contribution in [0.1, 0.15) is 17.6 Å². The Kier molecular flexibility index (Phi) is 3.98. The van der Waals surface area contributed by atoms with E-state index < -0.39 is 0 Å². The first-order valence-corrected chi connectivity index (χ1v) is 5.34. The van der Waals surface area contributed by atoms with Crippen LogP contribution in [0.3, 0.4) is 0 Å². The van der Waals surface area contributed by atoms with Crippen LogP contribution in [0.5, 0.6) is 0 Å². The first-order valence-electron chi connectivity index (χ1n) is 3.92. The summed E-state index contributed by atoms with van der Waals surface area (Å²) < 4.78 is 0. The molecule has 1 atom stereocenters. The molecule has 0 radical (unpaired) electrons. The topological polar surface area (TPSA) is 24.9 Å². The smallest absolute Gasteiger partial charge is 0.107 e. The molecule has 0 aromatic carbocycles. The van der Waals surface area contributed by atoms with E-state index >= 15 is 0 Å². The van der Waals surface area contributed by atoms with E-state index in [1.807, 2.05) is 6.92 Å². The lowest BCUT2D eigenvalue weighted by Gasteiger charge is -2.07. The van der Waals surface area contributed by atoms with Gasteiger partial charge in [0.25, 0.3) is 0 Å². The van der Waals surface area contributed by atoms with Crippen molar-refractivity contribution in [3.05, 3.63) is 16.1 Å². The molecule has 0 bridgehead atoms. The second-order valence-electron chi connectivity index (χ2n) is 2.82. The van der Waals surface area contributed by atoms with Crippen molar-refractivity contribution >= 4 is 22.9 Å². The average molecular weight is 205 g/mol. The molecule has 0 saturated heterocycles. The normalized spacial score (nSPS) is 13.2. The van der Waals surface area contributed by atoms with Gasteiger partial charge in [0.1, 0.15) is 5.01 Å². The van der Waals surface area contributed by atoms with Crippen molar-refractivity contribution in [2.75, 3.05) is 5.88 Å². The molecule has 12 heavy (non-hydrogen) atoms. The van der Waals surface area contributed by atoms with E-state index in [1.165, 1.54) is 0 Å². The number of aromatic nitrogens is 1. The summed E-state index contributed by atoms with van der Waals surface area (Å²) in [6.45, 7) is 4.89. The van der Waals surface area contributed by atoms with Crippen molar-refractivity contribution in [1.82, 2.24) is 10.3 Å². The van der Waals surface area contributed by atoms with Gasteiger partial charge in [-0.05, 0) is 13.8 Å². The quantitative estimate of drug-likeness (QED) is 0.761. The Balaban J connectivity index is 2.33. The summed E-state index contributed by atoms with van der Waals surface area (Å²) in [5.41, 5.74) is 1.09. The van der Waals surface area contributed by atoms with Gasteiger partial charge in [0, 0.05) is 29.5 Å². The molecule has 0 spiro atoms. The Labute approximate surface area is 82.0 Å². The number of halogens is 1. The third kappa shape index (κ3) is 3.09. The lowest BCUT2D eigenvalue weighted by Crippen LogP contribution is -2.26. The van der Waals surface area contributed by atoms with Gasteiger partial charge in [-0.3, -0.25) is 0 Å². The molecule has 1 heterocycles. The van der Waals surface area contributed by atoms with Gasteiger partial charge in [-0.25, -0.2) is 4.98 Å². The predicted molar refractivity (Wildman–Crippen MR) is 53.9 cm³/mol. The fourth-order valence-corrected chi connectivity index (χ4v) is 1.63. The Morgan fingerprint density at radius 3 is 3.00 bits per heavy atom. The van der Waals surface area contributed by atoms with Crippen LogP contribution in [0.2, 0.25) is 0 Å². The number of rotatable bonds is 4. The summed E-state index contributed by atoms with van der Waals surface area (Å²) in [4.78, 5) is 4.33. The first-order chi connectivity index (χ1) is 5.72. The number of aryl methyl sites for hydroxylation is 1. The van der Waals surface area contributed by atoms with Crippen molar-refractivity contribution in [2.45, 2.75) is 26.4 Å². The van der Waals surface area contributed by atoms with Gasteiger partial charge in [0.15, 0.2) is 0 Å². The van der Waals surface area contributed by atoms with Crippen molar-refractivity contribution in [1.29, 1.82) is 0 Å². The molecular formula is C8H13ClN2S. The van der Waals surface area contributed by atoms with Crippen LogP contribution in [-0.2, 0) is 6.54 Å². The molecule has 1 unspecified atom stereocenters. The fraction of sp³-hybridized carbons (Fsp3) is 0.625. The van der Waals surface area contributed by atoms with Crippen LogP contribution in [0.4, 0.5) is 0 Å². The molecule has 2 nitrogen and oxygen atoms in total. The van der Waals surface area contributed by atoms with Crippen molar-refractivity contribution in [3.63, 3.8) is 0 Å². The summed E-state index contributed by atoms with van der Waals surface area (Å²) in [6, 6.07) is 0.357. The number of nitrogens with one attached hydrogen (secondary N) is 1. The first kappa shape index (κ1) is 9.96. The largest absolute Gasteiger partial charge is 0.307 e. The Morgan fingerprint density at radius 2 is 2.50 bits per heavy atom. The van der Waals surface area contributed by atoms with E-state index in [1.54, 1.807) is 11.3 Å². The van der Waals surface area contributed by atoms with E-state index in [4.69, 9.17) is 11.6 Å². The molecule has 1 N–H and O–H groups in total. The Morgan fingerprint density at radius 1 is 1.75 bits per heavy atom. The molecule has 0 fully saturated rings. The van der Waals surface area contributed by atoms with Crippen LogP contribution in [-0.4, -0.2) is 16.9 Å². The average Bonchev–Trinajstić information content (AvgIpc) is 2.47. The second kappa shape index (κ2) is 4.80. The van der Waals surface area contributed by atoms with E-state index in [-0.39, 0.29) is 0 Å². The summed E-state index contributed by atoms with van der Waals surface area (Å²) in [5, 5.41) is 6.46. The molecule has 1 aromatic rings. The minimum absolute atomic E-state index is 0.357. The van der Waals surface area contributed by atoms with Gasteiger partial charge in [-0.1, -0.05) is 0 Å². The van der Waals surface area contributed by atoms with Crippen molar-refractivity contribution in [2.24, 2.45) is 0 Å². The standard InChI is InChI=1S/C8H13ClN2S/c1-6(3-9)10-4-8-11-7(2)5-12-8/h5-6,10H,3-4H2,1-2H3. The van der Waals surface area contributed by atoms with E-state index in [0.717, 1.165) is 17.2 Å². The monoisotopic (exact) mass is 204 g/mol.